The van der Waals surface area contributed by atoms with Gasteiger partial charge < -0.3 is 9.84 Å². The summed E-state index contributed by atoms with van der Waals surface area (Å²) in [6, 6.07) is 16.3. The van der Waals surface area contributed by atoms with Crippen molar-refractivity contribution >= 4 is 43.1 Å². The van der Waals surface area contributed by atoms with E-state index in [-0.39, 0.29) is 17.3 Å². The molecule has 1 aromatic heterocycles. The van der Waals surface area contributed by atoms with E-state index in [1.165, 1.54) is 29.5 Å². The number of ketones is 1. The summed E-state index contributed by atoms with van der Waals surface area (Å²) in [5.41, 5.74) is 0.970. The average molecular weight is 457 g/mol. The highest BCUT2D eigenvalue weighted by Crippen LogP contribution is 2.43. The summed E-state index contributed by atoms with van der Waals surface area (Å²) in [7, 11) is 0. The highest BCUT2D eigenvalue weighted by atomic mass is 79.9. The van der Waals surface area contributed by atoms with Crippen LogP contribution in [0.25, 0.3) is 10.1 Å². The molecule has 0 aliphatic carbocycles. The van der Waals surface area contributed by atoms with E-state index in [9.17, 15) is 14.3 Å². The minimum absolute atomic E-state index is 0.112. The summed E-state index contributed by atoms with van der Waals surface area (Å²) in [6.45, 7) is 1.70. The van der Waals surface area contributed by atoms with Crippen molar-refractivity contribution in [3.8, 4) is 17.2 Å². The fourth-order valence-corrected chi connectivity index (χ4v) is 4.32. The molecule has 4 rings (SSSR count). The molecule has 3 aromatic carbocycles. The first kappa shape index (κ1) is 18.7. The number of carbonyl (C=O) groups is 1. The van der Waals surface area contributed by atoms with Crippen molar-refractivity contribution in [1.29, 1.82) is 0 Å². The molecule has 0 bridgehead atoms. The van der Waals surface area contributed by atoms with Gasteiger partial charge in [-0.1, -0.05) is 15.9 Å². The zero-order chi connectivity index (χ0) is 19.8. The molecule has 0 amide bonds. The maximum atomic E-state index is 13.5. The molecule has 0 aliphatic rings. The molecular weight excluding hydrogens is 443 g/mol. The van der Waals surface area contributed by atoms with Gasteiger partial charge in [0.1, 0.15) is 22.2 Å². The maximum absolute atomic E-state index is 13.5. The van der Waals surface area contributed by atoms with Crippen LogP contribution < -0.4 is 4.74 Å². The van der Waals surface area contributed by atoms with Gasteiger partial charge in [-0.2, -0.15) is 0 Å². The third-order valence-corrected chi connectivity index (χ3v) is 5.96. The van der Waals surface area contributed by atoms with Gasteiger partial charge in [-0.05, 0) is 73.2 Å². The van der Waals surface area contributed by atoms with Crippen molar-refractivity contribution in [1.82, 2.24) is 0 Å². The second-order valence-electron chi connectivity index (χ2n) is 6.29. The molecule has 4 aromatic rings. The van der Waals surface area contributed by atoms with Crippen LogP contribution in [0.5, 0.6) is 17.2 Å². The second-order valence-corrected chi connectivity index (χ2v) is 8.25. The lowest BCUT2D eigenvalue weighted by atomic mass is 10.0. The van der Waals surface area contributed by atoms with Gasteiger partial charge in [0.15, 0.2) is 5.75 Å². The summed E-state index contributed by atoms with van der Waals surface area (Å²) < 4.78 is 21.2. The molecule has 3 nitrogen and oxygen atoms in total. The number of halogens is 2. The molecule has 0 fully saturated rings. The van der Waals surface area contributed by atoms with Gasteiger partial charge in [0.05, 0.1) is 0 Å². The molecule has 0 saturated heterocycles. The van der Waals surface area contributed by atoms with E-state index < -0.39 is 0 Å². The predicted octanol–water partition coefficient (Wildman–Crippen LogP) is 6.84. The number of hydrogen-bond acceptors (Lipinski definition) is 4. The molecule has 1 heterocycles. The van der Waals surface area contributed by atoms with Crippen LogP contribution in [0.1, 0.15) is 20.8 Å². The molecule has 0 spiro atoms. The Morgan fingerprint density at radius 2 is 1.82 bits per heavy atom. The number of phenols is 1. The molecule has 1 N–H and O–H groups in total. The number of carbonyl (C=O) groups excluding carboxylic acids is 1. The molecular formula is C22H14BrFO3S. The van der Waals surface area contributed by atoms with E-state index >= 15 is 0 Å². The smallest absolute Gasteiger partial charge is 0.207 e. The van der Waals surface area contributed by atoms with E-state index in [2.05, 4.69) is 15.9 Å². The first-order chi connectivity index (χ1) is 13.4. The van der Waals surface area contributed by atoms with Gasteiger partial charge in [-0.3, -0.25) is 4.79 Å². The number of thiophene rings is 1. The van der Waals surface area contributed by atoms with E-state index in [4.69, 9.17) is 4.74 Å². The van der Waals surface area contributed by atoms with Crippen LogP contribution >= 0.6 is 27.3 Å². The van der Waals surface area contributed by atoms with Crippen molar-refractivity contribution in [2.45, 2.75) is 6.92 Å². The van der Waals surface area contributed by atoms with Crippen LogP contribution in [0, 0.1) is 12.7 Å². The van der Waals surface area contributed by atoms with E-state index in [0.29, 0.717) is 27.5 Å². The SMILES string of the molecule is Cc1cc(F)ccc1C(=O)c1sc2cc(O)ccc2c1Oc1ccc(Br)cc1. The lowest BCUT2D eigenvalue weighted by molar-refractivity contribution is 0.104. The van der Waals surface area contributed by atoms with E-state index in [0.717, 1.165) is 14.6 Å². The van der Waals surface area contributed by atoms with Gasteiger partial charge in [0, 0.05) is 20.1 Å². The topological polar surface area (TPSA) is 46.5 Å². The fourth-order valence-electron chi connectivity index (χ4n) is 2.94. The zero-order valence-corrected chi connectivity index (χ0v) is 17.1. The normalized spacial score (nSPS) is 11.0. The number of benzene rings is 3. The van der Waals surface area contributed by atoms with Crippen molar-refractivity contribution in [2.75, 3.05) is 0 Å². The van der Waals surface area contributed by atoms with E-state index in [1.807, 2.05) is 12.1 Å². The Balaban J connectivity index is 1.86. The molecule has 0 saturated carbocycles. The Morgan fingerprint density at radius 3 is 2.54 bits per heavy atom. The van der Waals surface area contributed by atoms with Crippen LogP contribution in [0.4, 0.5) is 4.39 Å². The zero-order valence-electron chi connectivity index (χ0n) is 14.7. The van der Waals surface area contributed by atoms with Gasteiger partial charge in [-0.25, -0.2) is 4.39 Å². The van der Waals surface area contributed by atoms with Crippen molar-refractivity contribution < 1.29 is 19.0 Å². The average Bonchev–Trinajstić information content (AvgIpc) is 3.00. The fraction of sp³-hybridized carbons (Fsp3) is 0.0455. The summed E-state index contributed by atoms with van der Waals surface area (Å²) in [5.74, 6) is 0.491. The van der Waals surface area contributed by atoms with Crippen LogP contribution in [-0.2, 0) is 0 Å². The summed E-state index contributed by atoms with van der Waals surface area (Å²) in [5, 5.41) is 10.5. The van der Waals surface area contributed by atoms with E-state index in [1.54, 1.807) is 37.3 Å². The quantitative estimate of drug-likeness (QED) is 0.342. The summed E-state index contributed by atoms with van der Waals surface area (Å²) in [6.07, 6.45) is 0. The molecule has 0 radical (unpaired) electrons. The van der Waals surface area contributed by atoms with Gasteiger partial charge in [-0.15, -0.1) is 11.3 Å². The molecule has 6 heteroatoms. The first-order valence-corrected chi connectivity index (χ1v) is 10.0. The van der Waals surface area contributed by atoms with Crippen molar-refractivity contribution in [2.24, 2.45) is 0 Å². The number of hydrogen-bond donors (Lipinski definition) is 1. The number of fused-ring (bicyclic) bond motifs is 1. The Hall–Kier alpha value is -2.70. The summed E-state index contributed by atoms with van der Waals surface area (Å²) >= 11 is 4.63. The number of aryl methyl sites for hydroxylation is 1. The van der Waals surface area contributed by atoms with Crippen molar-refractivity contribution in [3.63, 3.8) is 0 Å². The number of rotatable bonds is 4. The minimum Gasteiger partial charge on any atom is -0.508 e. The number of ether oxygens (including phenoxy) is 1. The van der Waals surface area contributed by atoms with Gasteiger partial charge in [0.25, 0.3) is 0 Å². The Bertz CT molecular complexity index is 1200. The molecule has 0 aliphatic heterocycles. The highest BCUT2D eigenvalue weighted by Gasteiger charge is 2.23. The predicted molar refractivity (Wildman–Crippen MR) is 112 cm³/mol. The van der Waals surface area contributed by atoms with Crippen LogP contribution in [-0.4, -0.2) is 10.9 Å². The van der Waals surface area contributed by atoms with Crippen LogP contribution in [0.2, 0.25) is 0 Å². The number of aromatic hydroxyl groups is 1. The third kappa shape index (κ3) is 3.53. The Morgan fingerprint density at radius 1 is 1.07 bits per heavy atom. The molecule has 0 unspecified atom stereocenters. The lowest BCUT2D eigenvalue weighted by Gasteiger charge is -2.09. The van der Waals surface area contributed by atoms with Gasteiger partial charge >= 0.3 is 0 Å². The third-order valence-electron chi connectivity index (χ3n) is 4.30. The Labute approximate surface area is 173 Å². The molecule has 28 heavy (non-hydrogen) atoms. The van der Waals surface area contributed by atoms with Crippen LogP contribution in [0.15, 0.2) is 65.1 Å². The minimum atomic E-state index is -0.387. The Kier molecular flexibility index (Phi) is 4.91. The second kappa shape index (κ2) is 7.37. The van der Waals surface area contributed by atoms with Crippen molar-refractivity contribution in [3.05, 3.63) is 87.0 Å². The van der Waals surface area contributed by atoms with Gasteiger partial charge in [0.2, 0.25) is 5.78 Å². The standard InChI is InChI=1S/C22H14BrFO3S/c1-12-10-14(24)4-8-17(12)20(26)22-21(27-16-6-2-13(23)3-7-16)18-9-5-15(25)11-19(18)28-22/h2-11,25H,1H3. The molecule has 0 atom stereocenters. The largest absolute Gasteiger partial charge is 0.508 e. The maximum Gasteiger partial charge on any atom is 0.207 e. The first-order valence-electron chi connectivity index (χ1n) is 8.42. The summed E-state index contributed by atoms with van der Waals surface area (Å²) in [4.78, 5) is 13.6. The lowest BCUT2D eigenvalue weighted by Crippen LogP contribution is -2.03. The monoisotopic (exact) mass is 456 g/mol. The number of phenolic OH excluding ortho intramolecular Hbond substituents is 1. The highest BCUT2D eigenvalue weighted by molar-refractivity contribution is 9.10. The molecule has 140 valence electrons. The van der Waals surface area contributed by atoms with Crippen LogP contribution in [0.3, 0.4) is 0 Å².